The number of benzene rings is 6. The number of hydrogen-bond acceptors (Lipinski definition) is 6. The zero-order chi connectivity index (χ0) is 46.7. The number of hydrogen-bond donors (Lipinski definition) is 0. The first-order chi connectivity index (χ1) is 32.1. The number of rotatable bonds is 15. The molecule has 66 heavy (non-hydrogen) atoms. The van der Waals surface area contributed by atoms with Crippen LogP contribution < -0.4 is 31.8 Å². The van der Waals surface area contributed by atoms with Gasteiger partial charge >= 0.3 is 0 Å². The summed E-state index contributed by atoms with van der Waals surface area (Å²) in [7, 11) is -10.1. The van der Waals surface area contributed by atoms with E-state index in [1.807, 2.05) is 260 Å². The number of allylic oxidation sites excluding steroid dienone is 12. The highest BCUT2D eigenvalue weighted by Gasteiger charge is 2.33. The van der Waals surface area contributed by atoms with E-state index in [2.05, 4.69) is 0 Å². The van der Waals surface area contributed by atoms with Gasteiger partial charge in [0.15, 0.2) is 38.9 Å². The minimum Gasteiger partial charge on any atom is -0.309 e. The van der Waals surface area contributed by atoms with Gasteiger partial charge in [0.05, 0.1) is 0 Å². The van der Waals surface area contributed by atoms with Crippen LogP contribution in [0.4, 0.5) is 0 Å². The Bertz CT molecular complexity index is 2840. The van der Waals surface area contributed by atoms with Crippen molar-refractivity contribution >= 4 is 53.3 Å². The summed E-state index contributed by atoms with van der Waals surface area (Å²) in [4.78, 5) is 15.4. The molecule has 3 unspecified atom stereocenters. The maximum absolute atomic E-state index is 15.6. The Morgan fingerprint density at radius 1 is 0.333 bits per heavy atom. The molecule has 0 aliphatic heterocycles. The molecular formula is C57H54N3O3P3. The van der Waals surface area contributed by atoms with Crippen LogP contribution in [0.1, 0.15) is 41.5 Å². The standard InChI is InChI=1S/C57H54N3O3P3/c1-7-25-46(10-4)64(61,49-31-16-13-17-32-49)52-37-22-28-43(40-52)55-58-56(44-29-23-38-53(41-44)65(62,47(11-5)26-8-2)50-33-18-14-19-34-50)60-57(59-55)45-30-24-39-54(42-45)66(63,48(12-6)27-9-3)51-35-20-15-21-36-51/h7-42H,1-6H3/b25-7-,26-8-,27-9-,46-10+,47-11+,48-12+. The minimum absolute atomic E-state index is 0.351. The fourth-order valence-electron chi connectivity index (χ4n) is 8.20. The Kier molecular flexibility index (Phi) is 15.2. The van der Waals surface area contributed by atoms with Crippen LogP contribution in [0.3, 0.4) is 0 Å². The van der Waals surface area contributed by atoms with Crippen molar-refractivity contribution in [3.63, 3.8) is 0 Å². The molecule has 0 fully saturated rings. The van der Waals surface area contributed by atoms with Crippen LogP contribution in [-0.2, 0) is 13.7 Å². The number of aromatic nitrogens is 3. The first-order valence-electron chi connectivity index (χ1n) is 22.0. The van der Waals surface area contributed by atoms with E-state index in [4.69, 9.17) is 15.0 Å². The van der Waals surface area contributed by atoms with Crippen LogP contribution in [0.25, 0.3) is 34.2 Å². The number of nitrogens with zero attached hydrogens (tertiary/aromatic N) is 3. The highest BCUT2D eigenvalue weighted by molar-refractivity contribution is 7.83. The van der Waals surface area contributed by atoms with Crippen LogP contribution in [0.2, 0.25) is 0 Å². The van der Waals surface area contributed by atoms with Gasteiger partial charge in [0, 0.05) is 64.5 Å². The third-order valence-corrected chi connectivity index (χ3v) is 20.9. The molecule has 7 rings (SSSR count). The Hall–Kier alpha value is -6.54. The maximum Gasteiger partial charge on any atom is 0.170 e. The second-order valence-electron chi connectivity index (χ2n) is 15.4. The zero-order valence-electron chi connectivity index (χ0n) is 38.2. The molecule has 1 heterocycles. The van der Waals surface area contributed by atoms with E-state index < -0.39 is 21.4 Å². The third-order valence-electron chi connectivity index (χ3n) is 11.4. The lowest BCUT2D eigenvalue weighted by Crippen LogP contribution is -2.18. The monoisotopic (exact) mass is 921 g/mol. The van der Waals surface area contributed by atoms with E-state index in [0.717, 1.165) is 0 Å². The van der Waals surface area contributed by atoms with Crippen LogP contribution >= 0.6 is 21.4 Å². The molecule has 9 heteroatoms. The largest absolute Gasteiger partial charge is 0.309 e. The van der Waals surface area contributed by atoms with Gasteiger partial charge in [-0.25, -0.2) is 15.0 Å². The lowest BCUT2D eigenvalue weighted by Gasteiger charge is -2.22. The van der Waals surface area contributed by atoms with Gasteiger partial charge in [-0.15, -0.1) is 0 Å². The van der Waals surface area contributed by atoms with Crippen LogP contribution in [-0.4, -0.2) is 15.0 Å². The molecule has 0 amide bonds. The second-order valence-corrected chi connectivity index (χ2v) is 23.7. The third kappa shape index (κ3) is 9.28. The van der Waals surface area contributed by atoms with Gasteiger partial charge in [-0.05, 0) is 59.7 Å². The molecule has 1 aromatic heterocycles. The minimum atomic E-state index is -3.36. The van der Waals surface area contributed by atoms with Crippen molar-refractivity contribution in [2.24, 2.45) is 0 Å². The molecule has 0 N–H and O–H groups in total. The first-order valence-corrected chi connectivity index (χ1v) is 27.2. The van der Waals surface area contributed by atoms with Gasteiger partial charge in [-0.1, -0.05) is 200 Å². The lowest BCUT2D eigenvalue weighted by atomic mass is 10.1. The summed E-state index contributed by atoms with van der Waals surface area (Å²) in [6, 6.07) is 51.5. The highest BCUT2D eigenvalue weighted by atomic mass is 31.2. The van der Waals surface area contributed by atoms with Crippen molar-refractivity contribution in [1.29, 1.82) is 0 Å². The van der Waals surface area contributed by atoms with Crippen molar-refractivity contribution in [1.82, 2.24) is 15.0 Å². The molecule has 0 aliphatic rings. The normalized spacial score (nSPS) is 15.5. The molecular weight excluding hydrogens is 868 g/mol. The predicted octanol–water partition coefficient (Wildman–Crippen LogP) is 13.3. The van der Waals surface area contributed by atoms with Gasteiger partial charge in [0.1, 0.15) is 0 Å². The van der Waals surface area contributed by atoms with E-state index in [0.29, 0.717) is 81.9 Å². The lowest BCUT2D eigenvalue weighted by molar-refractivity contribution is 0.590. The summed E-state index contributed by atoms with van der Waals surface area (Å²) in [6.45, 7) is 11.5. The summed E-state index contributed by atoms with van der Waals surface area (Å²) >= 11 is 0. The molecule has 330 valence electrons. The van der Waals surface area contributed by atoms with Crippen molar-refractivity contribution in [2.45, 2.75) is 41.5 Å². The molecule has 0 aliphatic carbocycles. The topological polar surface area (TPSA) is 89.9 Å². The zero-order valence-corrected chi connectivity index (χ0v) is 40.9. The molecule has 7 aromatic rings. The van der Waals surface area contributed by atoms with Crippen LogP contribution in [0.5, 0.6) is 0 Å². The van der Waals surface area contributed by atoms with E-state index in [1.54, 1.807) is 0 Å². The van der Waals surface area contributed by atoms with Gasteiger partial charge in [0.2, 0.25) is 0 Å². The smallest absolute Gasteiger partial charge is 0.170 e. The van der Waals surface area contributed by atoms with Gasteiger partial charge in [-0.2, -0.15) is 0 Å². The summed E-state index contributed by atoms with van der Waals surface area (Å²) in [5, 5.41) is 6.14. The van der Waals surface area contributed by atoms with Crippen molar-refractivity contribution in [2.75, 3.05) is 0 Å². The molecule has 6 aromatic carbocycles. The predicted molar refractivity (Wildman–Crippen MR) is 282 cm³/mol. The van der Waals surface area contributed by atoms with Crippen LogP contribution in [0, 0.1) is 0 Å². The second kappa shape index (κ2) is 21.2. The fourth-order valence-corrected chi connectivity index (χ4v) is 16.7. The fraction of sp³-hybridized carbons (Fsp3) is 0.105. The molecule has 0 bridgehead atoms. The Labute approximate surface area is 390 Å². The average molecular weight is 922 g/mol. The SMILES string of the molecule is C/C=C\C(=C/C)P(=O)(c1ccccc1)c1cccc(-c2nc(-c3cccc(P(=O)(C(/C=C\C)=C/C)c4ccccc4)c3)nc(-c3cccc(P(=O)(C(/C=C\C)=C/C)c4ccccc4)c3)n2)c1. The summed E-state index contributed by atoms with van der Waals surface area (Å²) < 4.78 is 46.8. The maximum atomic E-state index is 15.6. The molecule has 6 nitrogen and oxygen atoms in total. The van der Waals surface area contributed by atoms with Gasteiger partial charge in [-0.3, -0.25) is 0 Å². The molecule has 0 saturated carbocycles. The molecule has 3 atom stereocenters. The van der Waals surface area contributed by atoms with E-state index in [-0.39, 0.29) is 0 Å². The average Bonchev–Trinajstić information content (AvgIpc) is 3.38. The van der Waals surface area contributed by atoms with E-state index in [9.17, 15) is 0 Å². The molecule has 0 spiro atoms. The Balaban J connectivity index is 1.49. The van der Waals surface area contributed by atoms with Crippen LogP contribution in [0.15, 0.2) is 234 Å². The first kappa shape index (κ1) is 47.4. The summed E-state index contributed by atoms with van der Waals surface area (Å²) in [5.74, 6) is 1.05. The van der Waals surface area contributed by atoms with Gasteiger partial charge in [0.25, 0.3) is 0 Å². The Morgan fingerprint density at radius 2 is 0.576 bits per heavy atom. The molecule has 0 radical (unpaired) electrons. The van der Waals surface area contributed by atoms with E-state index >= 15 is 13.7 Å². The van der Waals surface area contributed by atoms with E-state index in [1.165, 1.54) is 0 Å². The summed E-state index contributed by atoms with van der Waals surface area (Å²) in [6.07, 6.45) is 17.2. The molecule has 0 saturated heterocycles. The summed E-state index contributed by atoms with van der Waals surface area (Å²) in [5.41, 5.74) is 1.90. The van der Waals surface area contributed by atoms with Crippen molar-refractivity contribution < 1.29 is 13.7 Å². The Morgan fingerprint density at radius 3 is 0.803 bits per heavy atom. The van der Waals surface area contributed by atoms with Crippen molar-refractivity contribution in [3.05, 3.63) is 234 Å². The van der Waals surface area contributed by atoms with Crippen molar-refractivity contribution in [3.8, 4) is 34.2 Å². The quantitative estimate of drug-likeness (QED) is 0.0752. The van der Waals surface area contributed by atoms with Gasteiger partial charge < -0.3 is 13.7 Å². The highest BCUT2D eigenvalue weighted by Crippen LogP contribution is 2.55.